The van der Waals surface area contributed by atoms with Crippen LogP contribution in [0.25, 0.3) is 33.0 Å². The lowest BCUT2D eigenvalue weighted by Crippen LogP contribution is -2.00. The Hall–Kier alpha value is -2.25. The van der Waals surface area contributed by atoms with E-state index in [2.05, 4.69) is 15.2 Å². The SMILES string of the molecule is COc1ccc(-c2c(-c3ccccc3F)nnc(Cl)c2-c2ncc(Cl)cc2Cl)s1. The summed E-state index contributed by atoms with van der Waals surface area (Å²) >= 11 is 20.2. The number of aromatic nitrogens is 3. The van der Waals surface area contributed by atoms with Crippen LogP contribution in [0.15, 0.2) is 48.7 Å². The predicted octanol–water partition coefficient (Wildman–Crippen LogP) is 7.04. The van der Waals surface area contributed by atoms with Crippen LogP contribution in [0.3, 0.4) is 0 Å². The molecule has 9 heteroatoms. The molecule has 0 saturated heterocycles. The van der Waals surface area contributed by atoms with Gasteiger partial charge in [0, 0.05) is 22.2 Å². The molecule has 0 saturated carbocycles. The van der Waals surface area contributed by atoms with Crippen LogP contribution in [0, 0.1) is 5.82 Å². The molecule has 0 aliphatic carbocycles. The Kier molecular flexibility index (Phi) is 5.69. The Labute approximate surface area is 184 Å². The Morgan fingerprint density at radius 3 is 2.45 bits per heavy atom. The first kappa shape index (κ1) is 20.0. The van der Waals surface area contributed by atoms with Crippen molar-refractivity contribution in [3.8, 4) is 38.0 Å². The molecule has 1 aromatic carbocycles. The summed E-state index contributed by atoms with van der Waals surface area (Å²) < 4.78 is 19.9. The van der Waals surface area contributed by atoms with Gasteiger partial charge in [0.15, 0.2) is 10.2 Å². The first-order valence-corrected chi connectivity index (χ1v) is 10.2. The van der Waals surface area contributed by atoms with E-state index in [1.165, 1.54) is 23.6 Å². The second kappa shape index (κ2) is 8.24. The highest BCUT2D eigenvalue weighted by molar-refractivity contribution is 7.17. The fourth-order valence-corrected chi connectivity index (χ4v) is 4.45. The maximum Gasteiger partial charge on any atom is 0.173 e. The summed E-state index contributed by atoms with van der Waals surface area (Å²) in [6, 6.07) is 11.5. The number of nitrogens with zero attached hydrogens (tertiary/aromatic N) is 3. The van der Waals surface area contributed by atoms with Gasteiger partial charge in [0.1, 0.15) is 11.5 Å². The first-order chi connectivity index (χ1) is 14.0. The van der Waals surface area contributed by atoms with E-state index in [-0.39, 0.29) is 15.7 Å². The zero-order chi connectivity index (χ0) is 20.5. The van der Waals surface area contributed by atoms with Crippen molar-refractivity contribution in [3.05, 3.63) is 69.7 Å². The highest BCUT2D eigenvalue weighted by Gasteiger charge is 2.25. The van der Waals surface area contributed by atoms with Gasteiger partial charge < -0.3 is 4.74 Å². The number of pyridine rings is 1. The third kappa shape index (κ3) is 3.81. The second-order valence-electron chi connectivity index (χ2n) is 5.88. The van der Waals surface area contributed by atoms with Crippen molar-refractivity contribution in [1.82, 2.24) is 15.2 Å². The molecular formula is C20H11Cl3FN3OS. The summed E-state index contributed by atoms with van der Waals surface area (Å²) in [6.45, 7) is 0. The summed E-state index contributed by atoms with van der Waals surface area (Å²) in [4.78, 5) is 5.09. The van der Waals surface area contributed by atoms with Gasteiger partial charge in [-0.3, -0.25) is 4.98 Å². The number of hydrogen-bond acceptors (Lipinski definition) is 5. The zero-order valence-electron chi connectivity index (χ0n) is 14.8. The molecular weight excluding hydrogens is 456 g/mol. The third-order valence-corrected chi connectivity index (χ3v) is 5.96. The van der Waals surface area contributed by atoms with Crippen LogP contribution in [0.1, 0.15) is 0 Å². The summed E-state index contributed by atoms with van der Waals surface area (Å²) in [7, 11) is 1.57. The molecule has 0 N–H and O–H groups in total. The van der Waals surface area contributed by atoms with Gasteiger partial charge in [-0.2, -0.15) is 0 Å². The van der Waals surface area contributed by atoms with Gasteiger partial charge in [-0.15, -0.1) is 10.2 Å². The summed E-state index contributed by atoms with van der Waals surface area (Å²) in [6.07, 6.45) is 1.46. The molecule has 146 valence electrons. The van der Waals surface area contributed by atoms with E-state index in [1.54, 1.807) is 37.4 Å². The molecule has 0 amide bonds. The molecule has 3 aromatic heterocycles. The molecule has 4 aromatic rings. The minimum absolute atomic E-state index is 0.0872. The Morgan fingerprint density at radius 2 is 1.76 bits per heavy atom. The van der Waals surface area contributed by atoms with E-state index < -0.39 is 5.82 Å². The third-order valence-electron chi connectivity index (χ3n) is 4.13. The van der Waals surface area contributed by atoms with Gasteiger partial charge >= 0.3 is 0 Å². The monoisotopic (exact) mass is 465 g/mol. The number of hydrogen-bond donors (Lipinski definition) is 0. The van der Waals surface area contributed by atoms with E-state index in [4.69, 9.17) is 39.5 Å². The molecule has 0 spiro atoms. The Bertz CT molecular complexity index is 1220. The topological polar surface area (TPSA) is 47.9 Å². The van der Waals surface area contributed by atoms with Crippen LogP contribution in [0.5, 0.6) is 5.06 Å². The van der Waals surface area contributed by atoms with Crippen LogP contribution in [0.4, 0.5) is 4.39 Å². The number of halogens is 4. The average Bonchev–Trinajstić information content (AvgIpc) is 3.18. The molecule has 0 bridgehead atoms. The van der Waals surface area contributed by atoms with E-state index in [9.17, 15) is 4.39 Å². The smallest absolute Gasteiger partial charge is 0.173 e. The van der Waals surface area contributed by atoms with Crippen molar-refractivity contribution in [1.29, 1.82) is 0 Å². The predicted molar refractivity (Wildman–Crippen MR) is 116 cm³/mol. The summed E-state index contributed by atoms with van der Waals surface area (Å²) in [5, 5.41) is 9.67. The molecule has 3 heterocycles. The number of rotatable bonds is 4. The Morgan fingerprint density at radius 1 is 0.966 bits per heavy atom. The van der Waals surface area contributed by atoms with Crippen LogP contribution < -0.4 is 4.74 Å². The molecule has 0 radical (unpaired) electrons. The molecule has 0 aliphatic heterocycles. The zero-order valence-corrected chi connectivity index (χ0v) is 17.9. The highest BCUT2D eigenvalue weighted by Crippen LogP contribution is 2.46. The van der Waals surface area contributed by atoms with Crippen molar-refractivity contribution in [3.63, 3.8) is 0 Å². The largest absolute Gasteiger partial charge is 0.487 e. The van der Waals surface area contributed by atoms with E-state index in [1.807, 2.05) is 6.07 Å². The molecule has 4 rings (SSSR count). The molecule has 4 nitrogen and oxygen atoms in total. The number of thiophene rings is 1. The van der Waals surface area contributed by atoms with Crippen LogP contribution in [0.2, 0.25) is 15.2 Å². The van der Waals surface area contributed by atoms with Crippen LogP contribution in [-0.4, -0.2) is 22.3 Å². The lowest BCUT2D eigenvalue weighted by atomic mass is 9.98. The molecule has 0 unspecified atom stereocenters. The van der Waals surface area contributed by atoms with E-state index in [0.717, 1.165) is 4.88 Å². The van der Waals surface area contributed by atoms with Crippen molar-refractivity contribution < 1.29 is 9.13 Å². The summed E-state index contributed by atoms with van der Waals surface area (Å²) in [5.74, 6) is -0.435. The van der Waals surface area contributed by atoms with Gasteiger partial charge in [-0.05, 0) is 30.3 Å². The van der Waals surface area contributed by atoms with E-state index in [0.29, 0.717) is 32.6 Å². The number of methoxy groups -OCH3 is 1. The van der Waals surface area contributed by atoms with Gasteiger partial charge in [-0.25, -0.2) is 4.39 Å². The van der Waals surface area contributed by atoms with Crippen molar-refractivity contribution in [2.24, 2.45) is 0 Å². The lowest BCUT2D eigenvalue weighted by molar-refractivity contribution is 0.427. The highest BCUT2D eigenvalue weighted by atomic mass is 35.5. The fourth-order valence-electron chi connectivity index (χ4n) is 2.88. The van der Waals surface area contributed by atoms with Gasteiger partial charge in [-0.1, -0.05) is 58.3 Å². The van der Waals surface area contributed by atoms with Crippen molar-refractivity contribution >= 4 is 46.1 Å². The molecule has 0 aliphatic rings. The van der Waals surface area contributed by atoms with Crippen LogP contribution in [-0.2, 0) is 0 Å². The molecule has 29 heavy (non-hydrogen) atoms. The van der Waals surface area contributed by atoms with Crippen LogP contribution >= 0.6 is 46.1 Å². The number of ether oxygens (including phenoxy) is 1. The quantitative estimate of drug-likeness (QED) is 0.323. The minimum atomic E-state index is -0.435. The average molecular weight is 467 g/mol. The molecule has 0 atom stereocenters. The van der Waals surface area contributed by atoms with E-state index >= 15 is 0 Å². The number of benzene rings is 1. The minimum Gasteiger partial charge on any atom is -0.487 e. The molecule has 0 fully saturated rings. The maximum absolute atomic E-state index is 14.6. The van der Waals surface area contributed by atoms with Gasteiger partial charge in [0.25, 0.3) is 0 Å². The summed E-state index contributed by atoms with van der Waals surface area (Å²) in [5.41, 5.74) is 1.97. The second-order valence-corrected chi connectivity index (χ2v) is 8.12. The van der Waals surface area contributed by atoms with Crippen molar-refractivity contribution in [2.75, 3.05) is 7.11 Å². The first-order valence-electron chi connectivity index (χ1n) is 8.26. The fraction of sp³-hybridized carbons (Fsp3) is 0.0500. The maximum atomic E-state index is 14.6. The van der Waals surface area contributed by atoms with Gasteiger partial charge in [0.2, 0.25) is 0 Å². The normalized spacial score (nSPS) is 10.9. The van der Waals surface area contributed by atoms with Crippen molar-refractivity contribution in [2.45, 2.75) is 0 Å². The standard InChI is InChI=1S/C20H11Cl3FN3OS/c1-28-15-7-6-14(29-15)16-17(19-12(22)8-10(21)9-25-19)20(23)27-26-18(16)11-4-2-3-5-13(11)24/h2-9H,1H3. The Balaban J connectivity index is 2.09. The lowest BCUT2D eigenvalue weighted by Gasteiger charge is -2.15. The van der Waals surface area contributed by atoms with Gasteiger partial charge in [0.05, 0.1) is 28.4 Å².